The maximum atomic E-state index is 5.56. The molecular weight excluding hydrogens is 356 g/mol. The van der Waals surface area contributed by atoms with Crippen LogP contribution in [0.2, 0.25) is 0 Å². The van der Waals surface area contributed by atoms with E-state index >= 15 is 0 Å². The van der Waals surface area contributed by atoms with Gasteiger partial charge in [0.2, 0.25) is 0 Å². The molecule has 3 nitrogen and oxygen atoms in total. The van der Waals surface area contributed by atoms with Crippen molar-refractivity contribution in [2.24, 2.45) is 0 Å². The fraction of sp³-hybridized carbons (Fsp3) is 0.385. The summed E-state index contributed by atoms with van der Waals surface area (Å²) in [5.41, 5.74) is 9.55. The van der Waals surface area contributed by atoms with Crippen LogP contribution in [0, 0.1) is 20.1 Å². The van der Waals surface area contributed by atoms with Crippen LogP contribution in [-0.2, 0) is 0 Å². The van der Waals surface area contributed by atoms with Gasteiger partial charge in [0.05, 0.1) is 6.26 Å². The minimum atomic E-state index is 1.01. The van der Waals surface area contributed by atoms with E-state index in [1.165, 1.54) is 33.6 Å². The Bertz CT molecular complexity index is 873. The summed E-state index contributed by atoms with van der Waals surface area (Å²) in [4.78, 5) is 4.74. The molecule has 0 saturated heterocycles. The zero-order valence-electron chi connectivity index (χ0n) is 18.7. The van der Waals surface area contributed by atoms with Crippen molar-refractivity contribution >= 4 is 11.4 Å². The Morgan fingerprint density at radius 3 is 1.62 bits per heavy atom. The van der Waals surface area contributed by atoms with E-state index < -0.39 is 0 Å². The lowest BCUT2D eigenvalue weighted by atomic mass is 9.93. The third-order valence-corrected chi connectivity index (χ3v) is 5.84. The lowest BCUT2D eigenvalue weighted by Gasteiger charge is -2.23. The topological polar surface area (TPSA) is 19.6 Å². The molecule has 29 heavy (non-hydrogen) atoms. The molecule has 0 N–H and O–H groups in total. The minimum Gasteiger partial charge on any atom is -0.460 e. The highest BCUT2D eigenvalue weighted by Crippen LogP contribution is 2.38. The molecule has 0 fully saturated rings. The Morgan fingerprint density at radius 1 is 0.690 bits per heavy atom. The molecule has 0 aliphatic carbocycles. The fourth-order valence-electron chi connectivity index (χ4n) is 4.11. The number of hydrogen-bond acceptors (Lipinski definition) is 3. The average Bonchev–Trinajstić information content (AvgIpc) is 3.19. The summed E-state index contributed by atoms with van der Waals surface area (Å²) >= 11 is 0. The molecule has 0 aliphatic rings. The zero-order valence-corrected chi connectivity index (χ0v) is 18.7. The average molecular weight is 390 g/mol. The number of anilines is 2. The molecule has 1 radical (unpaired) electrons. The van der Waals surface area contributed by atoms with Crippen LogP contribution >= 0.6 is 0 Å². The predicted octanol–water partition coefficient (Wildman–Crippen LogP) is 6.72. The van der Waals surface area contributed by atoms with Crippen molar-refractivity contribution in [3.05, 3.63) is 60.1 Å². The Balaban J connectivity index is 2.00. The van der Waals surface area contributed by atoms with E-state index in [4.69, 9.17) is 4.42 Å². The number of rotatable bonds is 8. The standard InChI is InChI=1S/C26H33N2O/c1-7-27(8-2)21-11-13-23(19(5)15-21)25-17-29-18-26(25)24-14-12-22(16-20(24)6)28(9-3)10-4/h11-17H,7-10H2,1-6H3. The van der Waals surface area contributed by atoms with Gasteiger partial charge >= 0.3 is 0 Å². The van der Waals surface area contributed by atoms with Crippen LogP contribution in [0.15, 0.2) is 47.1 Å². The smallest absolute Gasteiger partial charge is 0.178 e. The van der Waals surface area contributed by atoms with Crippen molar-refractivity contribution in [2.45, 2.75) is 41.5 Å². The van der Waals surface area contributed by atoms with Gasteiger partial charge < -0.3 is 14.2 Å². The van der Waals surface area contributed by atoms with E-state index in [0.29, 0.717) is 0 Å². The molecule has 0 amide bonds. The van der Waals surface area contributed by atoms with E-state index in [1.807, 2.05) is 6.26 Å². The number of hydrogen-bond donors (Lipinski definition) is 0. The van der Waals surface area contributed by atoms with Gasteiger partial charge in [-0.25, -0.2) is 0 Å². The molecule has 1 heterocycles. The molecule has 0 spiro atoms. The summed E-state index contributed by atoms with van der Waals surface area (Å²) in [6.07, 6.45) is 4.95. The first-order valence-corrected chi connectivity index (χ1v) is 10.7. The monoisotopic (exact) mass is 389 g/mol. The molecule has 2 aromatic carbocycles. The maximum absolute atomic E-state index is 5.56. The van der Waals surface area contributed by atoms with E-state index in [2.05, 4.69) is 94.0 Å². The highest BCUT2D eigenvalue weighted by atomic mass is 16.3. The van der Waals surface area contributed by atoms with Crippen LogP contribution in [0.1, 0.15) is 38.8 Å². The quantitative estimate of drug-likeness (QED) is 0.426. The van der Waals surface area contributed by atoms with E-state index in [9.17, 15) is 0 Å². The third kappa shape index (κ3) is 4.19. The molecular formula is C26H33N2O. The van der Waals surface area contributed by atoms with Gasteiger partial charge in [-0.05, 0) is 88.1 Å². The zero-order chi connectivity index (χ0) is 21.0. The van der Waals surface area contributed by atoms with Crippen LogP contribution in [0.3, 0.4) is 0 Å². The third-order valence-electron chi connectivity index (χ3n) is 5.84. The predicted molar refractivity (Wildman–Crippen MR) is 125 cm³/mol. The normalized spacial score (nSPS) is 11.0. The van der Waals surface area contributed by atoms with Crippen LogP contribution in [0.4, 0.5) is 11.4 Å². The number of benzene rings is 2. The molecule has 0 aliphatic heterocycles. The van der Waals surface area contributed by atoms with E-state index in [-0.39, 0.29) is 0 Å². The largest absolute Gasteiger partial charge is 0.460 e. The molecule has 3 rings (SSSR count). The molecule has 153 valence electrons. The summed E-state index contributed by atoms with van der Waals surface area (Å²) < 4.78 is 5.56. The van der Waals surface area contributed by atoms with E-state index in [1.54, 1.807) is 0 Å². The maximum Gasteiger partial charge on any atom is 0.178 e. The van der Waals surface area contributed by atoms with Crippen molar-refractivity contribution in [1.82, 2.24) is 0 Å². The first-order chi connectivity index (χ1) is 14.0. The summed E-state index contributed by atoms with van der Waals surface area (Å²) in [6, 6.07) is 13.4. The Kier molecular flexibility index (Phi) is 6.68. The fourth-order valence-corrected chi connectivity index (χ4v) is 4.11. The first-order valence-electron chi connectivity index (χ1n) is 10.7. The summed E-state index contributed by atoms with van der Waals surface area (Å²) in [6.45, 7) is 17.2. The minimum absolute atomic E-state index is 1.01. The number of nitrogens with zero attached hydrogens (tertiary/aromatic N) is 2. The lowest BCUT2D eigenvalue weighted by Crippen LogP contribution is -2.21. The van der Waals surface area contributed by atoms with Gasteiger partial charge in [-0.15, -0.1) is 0 Å². The molecule has 0 saturated carbocycles. The Hall–Kier alpha value is -2.68. The second kappa shape index (κ2) is 9.21. The van der Waals surface area contributed by atoms with Gasteiger partial charge in [-0.3, -0.25) is 0 Å². The van der Waals surface area contributed by atoms with Gasteiger partial charge in [-0.2, -0.15) is 0 Å². The first kappa shape index (κ1) is 21.0. The van der Waals surface area contributed by atoms with Gasteiger partial charge in [0, 0.05) is 48.7 Å². The lowest BCUT2D eigenvalue weighted by molar-refractivity contribution is 0.560. The molecule has 0 unspecified atom stereocenters. The van der Waals surface area contributed by atoms with Crippen molar-refractivity contribution < 1.29 is 4.42 Å². The molecule has 3 aromatic rings. The summed E-state index contributed by atoms with van der Waals surface area (Å²) in [5.74, 6) is 0. The van der Waals surface area contributed by atoms with Crippen LogP contribution in [0.25, 0.3) is 22.3 Å². The molecule has 0 bridgehead atoms. The van der Waals surface area contributed by atoms with Crippen LogP contribution < -0.4 is 9.80 Å². The van der Waals surface area contributed by atoms with Crippen molar-refractivity contribution in [1.29, 1.82) is 0 Å². The highest BCUT2D eigenvalue weighted by molar-refractivity contribution is 5.86. The van der Waals surface area contributed by atoms with Gasteiger partial charge in [0.25, 0.3) is 0 Å². The Labute approximate surface area is 176 Å². The highest BCUT2D eigenvalue weighted by Gasteiger charge is 2.16. The van der Waals surface area contributed by atoms with Gasteiger partial charge in [0.15, 0.2) is 6.26 Å². The van der Waals surface area contributed by atoms with Crippen molar-refractivity contribution in [3.8, 4) is 22.3 Å². The van der Waals surface area contributed by atoms with Crippen LogP contribution in [-0.4, -0.2) is 26.2 Å². The van der Waals surface area contributed by atoms with Crippen molar-refractivity contribution in [2.75, 3.05) is 36.0 Å². The number of aryl methyl sites for hydroxylation is 2. The Morgan fingerprint density at radius 2 is 1.17 bits per heavy atom. The SMILES string of the molecule is CCN(CC)c1ccc(-c2[c]occ2-c2ccc(N(CC)CC)cc2C)c(C)c1. The molecule has 1 aromatic heterocycles. The van der Waals surface area contributed by atoms with Gasteiger partial charge in [0.1, 0.15) is 0 Å². The molecule has 3 heteroatoms. The molecule has 0 atom stereocenters. The van der Waals surface area contributed by atoms with E-state index in [0.717, 1.165) is 37.3 Å². The summed E-state index contributed by atoms with van der Waals surface area (Å²) in [5, 5.41) is 0. The second-order valence-corrected chi connectivity index (χ2v) is 7.47. The van der Waals surface area contributed by atoms with Crippen molar-refractivity contribution in [3.63, 3.8) is 0 Å². The second-order valence-electron chi connectivity index (χ2n) is 7.47. The van der Waals surface area contributed by atoms with Gasteiger partial charge in [-0.1, -0.05) is 12.1 Å². The summed E-state index contributed by atoms with van der Waals surface area (Å²) in [7, 11) is 0. The van der Waals surface area contributed by atoms with Crippen LogP contribution in [0.5, 0.6) is 0 Å². The number of furan rings is 1.